The second-order valence-electron chi connectivity index (χ2n) is 4.70. The Balaban J connectivity index is 1.67. The molecule has 1 aromatic heterocycles. The van der Waals surface area contributed by atoms with Crippen LogP contribution in [0.25, 0.3) is 0 Å². The van der Waals surface area contributed by atoms with E-state index in [0.717, 1.165) is 17.7 Å². The van der Waals surface area contributed by atoms with Crippen molar-refractivity contribution in [2.24, 2.45) is 0 Å². The second kappa shape index (κ2) is 8.47. The molecule has 1 aromatic carbocycles. The summed E-state index contributed by atoms with van der Waals surface area (Å²) in [6.45, 7) is 2.34. The average Bonchev–Trinajstić information content (AvgIpc) is 2.53. The Hall–Kier alpha value is -1.81. The van der Waals surface area contributed by atoms with Crippen molar-refractivity contribution in [3.05, 3.63) is 60.4 Å². The van der Waals surface area contributed by atoms with Crippen molar-refractivity contribution in [2.75, 3.05) is 6.61 Å². The minimum Gasteiger partial charge on any atom is -0.465 e. The molecule has 1 unspecified atom stereocenters. The van der Waals surface area contributed by atoms with Gasteiger partial charge >= 0.3 is 5.97 Å². The maximum Gasteiger partial charge on any atom is 0.319 e. The number of nitrogens with zero attached hydrogens (tertiary/aromatic N) is 1. The van der Waals surface area contributed by atoms with Crippen LogP contribution in [0.2, 0.25) is 0 Å². The lowest BCUT2D eigenvalue weighted by molar-refractivity contribution is -0.142. The van der Waals surface area contributed by atoms with Gasteiger partial charge in [0.2, 0.25) is 0 Å². The zero-order chi connectivity index (χ0) is 14.9. The molecule has 0 saturated heterocycles. The molecule has 0 spiro atoms. The maximum absolute atomic E-state index is 11.9. The lowest BCUT2D eigenvalue weighted by Gasteiger charge is -2.11. The third-order valence-electron chi connectivity index (χ3n) is 2.99. The molecule has 0 aliphatic carbocycles. The predicted molar refractivity (Wildman–Crippen MR) is 85.3 cm³/mol. The Labute approximate surface area is 129 Å². The molecule has 0 aliphatic rings. The molecule has 0 fully saturated rings. The number of hydrogen-bond donors (Lipinski definition) is 0. The summed E-state index contributed by atoms with van der Waals surface area (Å²) < 4.78 is 5.32. The van der Waals surface area contributed by atoms with E-state index in [2.05, 4.69) is 4.98 Å². The number of aromatic nitrogens is 1. The summed E-state index contributed by atoms with van der Waals surface area (Å²) in [6.07, 6.45) is 5.29. The van der Waals surface area contributed by atoms with Crippen LogP contribution in [-0.2, 0) is 16.0 Å². The van der Waals surface area contributed by atoms with E-state index in [1.54, 1.807) is 12.4 Å². The molecular formula is C17H19NO2S. The normalized spacial score (nSPS) is 11.9. The lowest BCUT2D eigenvalue weighted by atomic mass is 10.1. The van der Waals surface area contributed by atoms with Gasteiger partial charge in [0.05, 0.1) is 6.61 Å². The van der Waals surface area contributed by atoms with Crippen molar-refractivity contribution in [2.45, 2.75) is 29.9 Å². The smallest absolute Gasteiger partial charge is 0.319 e. The summed E-state index contributed by atoms with van der Waals surface area (Å²) in [5, 5.41) is -0.187. The zero-order valence-corrected chi connectivity index (χ0v) is 12.9. The van der Waals surface area contributed by atoms with E-state index in [1.165, 1.54) is 17.3 Å². The van der Waals surface area contributed by atoms with Crippen molar-refractivity contribution in [3.63, 3.8) is 0 Å². The van der Waals surface area contributed by atoms with Crippen LogP contribution in [-0.4, -0.2) is 22.8 Å². The molecule has 3 nitrogen and oxygen atoms in total. The number of ether oxygens (including phenoxy) is 1. The highest BCUT2D eigenvalue weighted by atomic mass is 32.2. The molecule has 1 atom stereocenters. The molecule has 0 saturated carbocycles. The van der Waals surface area contributed by atoms with Crippen molar-refractivity contribution in [1.29, 1.82) is 0 Å². The first-order valence-electron chi connectivity index (χ1n) is 7.03. The van der Waals surface area contributed by atoms with E-state index >= 15 is 0 Å². The van der Waals surface area contributed by atoms with E-state index in [4.69, 9.17) is 4.74 Å². The van der Waals surface area contributed by atoms with Crippen LogP contribution in [0, 0.1) is 0 Å². The van der Waals surface area contributed by atoms with Crippen molar-refractivity contribution >= 4 is 17.7 Å². The highest BCUT2D eigenvalue weighted by Crippen LogP contribution is 2.23. The number of rotatable bonds is 7. The number of hydrogen-bond acceptors (Lipinski definition) is 4. The van der Waals surface area contributed by atoms with Gasteiger partial charge in [-0.3, -0.25) is 9.78 Å². The molecular weight excluding hydrogens is 282 g/mol. The topological polar surface area (TPSA) is 39.2 Å². The molecule has 21 heavy (non-hydrogen) atoms. The average molecular weight is 301 g/mol. The van der Waals surface area contributed by atoms with E-state index < -0.39 is 0 Å². The van der Waals surface area contributed by atoms with Gasteiger partial charge in [0.15, 0.2) is 0 Å². The van der Waals surface area contributed by atoms with E-state index in [-0.39, 0.29) is 11.2 Å². The number of carbonyl (C=O) groups excluding carboxylic acids is 1. The fourth-order valence-corrected chi connectivity index (χ4v) is 2.75. The maximum atomic E-state index is 11.9. The summed E-state index contributed by atoms with van der Waals surface area (Å²) in [7, 11) is 0. The van der Waals surface area contributed by atoms with E-state index in [0.29, 0.717) is 6.61 Å². The fourth-order valence-electron chi connectivity index (χ4n) is 1.87. The van der Waals surface area contributed by atoms with Crippen molar-refractivity contribution in [3.8, 4) is 0 Å². The van der Waals surface area contributed by atoms with Crippen molar-refractivity contribution < 1.29 is 9.53 Å². The van der Waals surface area contributed by atoms with Crippen LogP contribution in [0.3, 0.4) is 0 Å². The van der Waals surface area contributed by atoms with Crippen LogP contribution in [0.1, 0.15) is 18.9 Å². The third-order valence-corrected chi connectivity index (χ3v) is 4.08. The summed E-state index contributed by atoms with van der Waals surface area (Å²) in [5.74, 6) is -0.154. The molecule has 2 rings (SSSR count). The third kappa shape index (κ3) is 5.60. The van der Waals surface area contributed by atoms with Crippen LogP contribution in [0.5, 0.6) is 0 Å². The number of aryl methyl sites for hydroxylation is 1. The van der Waals surface area contributed by atoms with Crippen LogP contribution in [0.4, 0.5) is 0 Å². The summed E-state index contributed by atoms with van der Waals surface area (Å²) in [6, 6.07) is 13.9. The van der Waals surface area contributed by atoms with Gasteiger partial charge in [0.25, 0.3) is 0 Å². The Morgan fingerprint density at radius 3 is 2.62 bits per heavy atom. The minimum absolute atomic E-state index is 0.154. The predicted octanol–water partition coefficient (Wildman–Crippen LogP) is 3.74. The molecule has 4 heteroatoms. The highest BCUT2D eigenvalue weighted by molar-refractivity contribution is 8.00. The van der Waals surface area contributed by atoms with Gasteiger partial charge in [0, 0.05) is 17.3 Å². The quantitative estimate of drug-likeness (QED) is 0.444. The Morgan fingerprint density at radius 1 is 1.19 bits per heavy atom. The number of thioether (sulfide) groups is 1. The van der Waals surface area contributed by atoms with Gasteiger partial charge in [-0.1, -0.05) is 18.2 Å². The van der Waals surface area contributed by atoms with Gasteiger partial charge in [-0.05, 0) is 49.6 Å². The Kier molecular flexibility index (Phi) is 6.28. The van der Waals surface area contributed by atoms with Gasteiger partial charge in [-0.2, -0.15) is 0 Å². The first kappa shape index (κ1) is 15.6. The number of esters is 1. The zero-order valence-electron chi connectivity index (χ0n) is 12.1. The van der Waals surface area contributed by atoms with Crippen molar-refractivity contribution in [1.82, 2.24) is 4.98 Å². The van der Waals surface area contributed by atoms with Gasteiger partial charge in [-0.15, -0.1) is 11.8 Å². The largest absolute Gasteiger partial charge is 0.465 e. The summed E-state index contributed by atoms with van der Waals surface area (Å²) in [4.78, 5) is 17.0. The van der Waals surface area contributed by atoms with E-state index in [9.17, 15) is 4.79 Å². The number of carbonyl (C=O) groups is 1. The second-order valence-corrected chi connectivity index (χ2v) is 6.11. The summed E-state index contributed by atoms with van der Waals surface area (Å²) >= 11 is 1.52. The Bertz CT molecular complexity index is 545. The molecule has 0 bridgehead atoms. The molecule has 0 radical (unpaired) electrons. The van der Waals surface area contributed by atoms with Crippen LogP contribution in [0.15, 0.2) is 59.8 Å². The molecule has 0 aliphatic heterocycles. The first-order chi connectivity index (χ1) is 10.3. The standard InChI is InChI=1S/C17H19NO2S/c1-14(21-16-7-3-2-4-8-16)17(19)20-13-5-6-15-9-11-18-12-10-15/h2-4,7-12,14H,5-6,13H2,1H3. The molecule has 110 valence electrons. The number of pyridine rings is 1. The van der Waals surface area contributed by atoms with Gasteiger partial charge in [-0.25, -0.2) is 0 Å². The molecule has 2 aromatic rings. The van der Waals surface area contributed by atoms with Crippen LogP contribution >= 0.6 is 11.8 Å². The fraction of sp³-hybridized carbons (Fsp3) is 0.294. The summed E-state index contributed by atoms with van der Waals surface area (Å²) in [5.41, 5.74) is 1.22. The lowest BCUT2D eigenvalue weighted by Crippen LogP contribution is -2.17. The van der Waals surface area contributed by atoms with E-state index in [1.807, 2.05) is 49.4 Å². The van der Waals surface area contributed by atoms with Gasteiger partial charge in [0.1, 0.15) is 5.25 Å². The Morgan fingerprint density at radius 2 is 1.90 bits per heavy atom. The van der Waals surface area contributed by atoms with Crippen LogP contribution < -0.4 is 0 Å². The molecule has 0 amide bonds. The van der Waals surface area contributed by atoms with Gasteiger partial charge < -0.3 is 4.74 Å². The number of benzene rings is 1. The molecule has 0 N–H and O–H groups in total. The molecule has 1 heterocycles. The first-order valence-corrected chi connectivity index (χ1v) is 7.91. The monoisotopic (exact) mass is 301 g/mol. The minimum atomic E-state index is -0.187. The highest BCUT2D eigenvalue weighted by Gasteiger charge is 2.15. The SMILES string of the molecule is CC(Sc1ccccc1)C(=O)OCCCc1ccncc1.